The van der Waals surface area contributed by atoms with Gasteiger partial charge in [0.15, 0.2) is 0 Å². The van der Waals surface area contributed by atoms with Gasteiger partial charge in [-0.05, 0) is 85.8 Å². The molecular formula is C39H44N4O10. The van der Waals surface area contributed by atoms with Crippen LogP contribution in [0.1, 0.15) is 59.3 Å². The van der Waals surface area contributed by atoms with Gasteiger partial charge in [-0.15, -0.1) is 0 Å². The number of ether oxygens (including phenoxy) is 5. The summed E-state index contributed by atoms with van der Waals surface area (Å²) in [6, 6.07) is 0. The smallest absolute Gasteiger partial charge is 0.310 e. The molecule has 2 N–H and O–H groups in total. The van der Waals surface area contributed by atoms with E-state index in [0.717, 1.165) is 11.1 Å². The molecule has 0 unspecified atom stereocenters. The van der Waals surface area contributed by atoms with Crippen molar-refractivity contribution < 1.29 is 48.0 Å². The molecule has 0 radical (unpaired) electrons. The van der Waals surface area contributed by atoms with Crippen molar-refractivity contribution in [3.05, 3.63) is 92.0 Å². The van der Waals surface area contributed by atoms with Gasteiger partial charge in [0.05, 0.1) is 93.2 Å². The maximum atomic E-state index is 12.9. The van der Waals surface area contributed by atoms with E-state index in [0.29, 0.717) is 67.9 Å². The minimum atomic E-state index is -0.863. The summed E-state index contributed by atoms with van der Waals surface area (Å²) >= 11 is 0. The summed E-state index contributed by atoms with van der Waals surface area (Å²) < 4.78 is 25.6. The number of hydrogen-bond donors (Lipinski definition) is 2. The van der Waals surface area contributed by atoms with Crippen LogP contribution in [0.5, 0.6) is 0 Å². The number of carbonyl (C=O) groups is 4. The molecule has 0 aliphatic carbocycles. The van der Waals surface area contributed by atoms with Crippen LogP contribution in [0.25, 0.3) is 0 Å². The van der Waals surface area contributed by atoms with E-state index in [9.17, 15) is 24.3 Å². The first-order valence-electron chi connectivity index (χ1n) is 17.0. The van der Waals surface area contributed by atoms with Crippen molar-refractivity contribution in [1.82, 2.24) is 5.32 Å². The van der Waals surface area contributed by atoms with Crippen LogP contribution in [-0.2, 0) is 42.9 Å². The molecule has 14 nitrogen and oxygen atoms in total. The van der Waals surface area contributed by atoms with E-state index in [1.807, 2.05) is 26.8 Å². The molecule has 0 aromatic heterocycles. The lowest BCUT2D eigenvalue weighted by atomic mass is 9.87. The third-order valence-electron chi connectivity index (χ3n) is 9.73. The molecule has 5 aliphatic rings. The molecule has 8 bridgehead atoms. The maximum absolute atomic E-state index is 12.9. The molecule has 280 valence electrons. The van der Waals surface area contributed by atoms with Crippen LogP contribution < -0.4 is 5.32 Å². The number of carbonyl (C=O) groups excluding carboxylic acids is 4. The summed E-state index contributed by atoms with van der Waals surface area (Å²) in [7, 11) is 6.75. The molecule has 0 spiro atoms. The number of aliphatic hydroxyl groups excluding tert-OH is 1. The summed E-state index contributed by atoms with van der Waals surface area (Å²) in [5.74, 6) is -1.93. The summed E-state index contributed by atoms with van der Waals surface area (Å²) in [4.78, 5) is 65.5. The van der Waals surface area contributed by atoms with E-state index in [1.165, 1.54) is 28.4 Å². The zero-order valence-electron chi connectivity index (χ0n) is 31.2. The molecular weight excluding hydrogens is 684 g/mol. The summed E-state index contributed by atoms with van der Waals surface area (Å²) in [5, 5.41) is 14.9. The predicted octanol–water partition coefficient (Wildman–Crippen LogP) is 4.89. The normalized spacial score (nSPS) is 18.8. The van der Waals surface area contributed by atoms with Crippen LogP contribution in [0.3, 0.4) is 0 Å². The first-order chi connectivity index (χ1) is 25.2. The third kappa shape index (κ3) is 7.92. The molecule has 0 atom stereocenters. The fourth-order valence-corrected chi connectivity index (χ4v) is 6.56. The van der Waals surface area contributed by atoms with Crippen LogP contribution in [-0.4, -0.2) is 88.3 Å². The second-order valence-electron chi connectivity index (χ2n) is 13.3. The van der Waals surface area contributed by atoms with E-state index in [4.69, 9.17) is 38.7 Å². The lowest BCUT2D eigenvalue weighted by molar-refractivity contribution is -0.141. The zero-order valence-corrected chi connectivity index (χ0v) is 31.2. The number of esters is 4. The Labute approximate surface area is 307 Å². The summed E-state index contributed by atoms with van der Waals surface area (Å²) in [6.45, 7) is 5.91. The molecule has 0 saturated carbocycles. The number of nitrogens with zero attached hydrogens (tertiary/aromatic N) is 3. The lowest BCUT2D eigenvalue weighted by Gasteiger charge is -2.20. The molecule has 0 fully saturated rings. The van der Waals surface area contributed by atoms with Crippen molar-refractivity contribution in [3.8, 4) is 0 Å². The molecule has 5 aliphatic heterocycles. The van der Waals surface area contributed by atoms with Crippen molar-refractivity contribution in [2.45, 2.75) is 59.3 Å². The number of rotatable bonds is 12. The van der Waals surface area contributed by atoms with Crippen LogP contribution in [0, 0.1) is 5.41 Å². The second-order valence-corrected chi connectivity index (χ2v) is 13.3. The SMILES string of the molecule is COCC1=C(C)C2=NC1=CC1=NC(=CC3=NC(=CC4=C(O)C(C)(C)C(=C2)N4)C(CC(=O)OC)=C3CCC(=O)OC)C(CCC(=O)OC)=C1CC(=O)OC. The van der Waals surface area contributed by atoms with Crippen molar-refractivity contribution in [1.29, 1.82) is 0 Å². The Hall–Kier alpha value is -5.63. The standard InChI is InChI=1S/C39H44N4O10/c1-20-25(19-49-4)31-16-29-23(13-36(46)52-7)21(9-11-34(44)50-5)27(41-29)15-28-22(10-12-35(45)51-6)24(14-37(47)53-8)30(42-28)17-32-38(48)39(2,3)33(43-32)18-26(20)40-31/h15-18,43,48H,9-14,19H2,1-8H3. The molecule has 0 aromatic rings. The van der Waals surface area contributed by atoms with Gasteiger partial charge in [0.1, 0.15) is 5.76 Å². The average molecular weight is 729 g/mol. The molecule has 0 saturated heterocycles. The van der Waals surface area contributed by atoms with Gasteiger partial charge < -0.3 is 34.1 Å². The first kappa shape index (κ1) is 38.6. The Kier molecular flexibility index (Phi) is 11.6. The highest BCUT2D eigenvalue weighted by Gasteiger charge is 2.39. The third-order valence-corrected chi connectivity index (χ3v) is 9.73. The summed E-state index contributed by atoms with van der Waals surface area (Å²) in [5.41, 5.74) is 6.73. The van der Waals surface area contributed by atoms with Gasteiger partial charge in [-0.2, -0.15) is 0 Å². The fraction of sp³-hybridized carbons (Fsp3) is 0.410. The highest BCUT2D eigenvalue weighted by Crippen LogP contribution is 2.43. The highest BCUT2D eigenvalue weighted by atomic mass is 16.5. The number of aliphatic imine (C=N–C) groups is 3. The Morgan fingerprint density at radius 2 is 1.13 bits per heavy atom. The van der Waals surface area contributed by atoms with Crippen LogP contribution in [0.2, 0.25) is 0 Å². The van der Waals surface area contributed by atoms with Crippen LogP contribution >= 0.6 is 0 Å². The highest BCUT2D eigenvalue weighted by molar-refractivity contribution is 6.19. The van der Waals surface area contributed by atoms with Crippen molar-refractivity contribution >= 4 is 41.0 Å². The Morgan fingerprint density at radius 3 is 1.70 bits per heavy atom. The monoisotopic (exact) mass is 728 g/mol. The van der Waals surface area contributed by atoms with E-state index in [-0.39, 0.29) is 50.9 Å². The van der Waals surface area contributed by atoms with Crippen LogP contribution in [0.4, 0.5) is 0 Å². The van der Waals surface area contributed by atoms with Crippen molar-refractivity contribution in [2.75, 3.05) is 42.2 Å². The predicted molar refractivity (Wildman–Crippen MR) is 196 cm³/mol. The fourth-order valence-electron chi connectivity index (χ4n) is 6.56. The summed E-state index contributed by atoms with van der Waals surface area (Å²) in [6.07, 6.45) is 6.94. The largest absolute Gasteiger partial charge is 0.509 e. The minimum Gasteiger partial charge on any atom is -0.509 e. The average Bonchev–Trinajstić information content (AvgIpc) is 3.79. The number of aliphatic hydroxyl groups is 1. The number of allylic oxidation sites excluding steroid dienone is 8. The van der Waals surface area contributed by atoms with E-state index in [2.05, 4.69) is 5.32 Å². The maximum Gasteiger partial charge on any atom is 0.310 e. The van der Waals surface area contributed by atoms with E-state index >= 15 is 0 Å². The quantitative estimate of drug-likeness (QED) is 0.206. The van der Waals surface area contributed by atoms with Crippen molar-refractivity contribution in [3.63, 3.8) is 0 Å². The number of nitrogens with one attached hydrogen (secondary N) is 1. The van der Waals surface area contributed by atoms with Crippen LogP contribution in [0.15, 0.2) is 107 Å². The lowest BCUT2D eigenvalue weighted by Crippen LogP contribution is -2.19. The Balaban J connectivity index is 1.85. The first-order valence-corrected chi connectivity index (χ1v) is 17.0. The van der Waals surface area contributed by atoms with E-state index in [1.54, 1.807) is 25.3 Å². The van der Waals surface area contributed by atoms with Gasteiger partial charge in [0.2, 0.25) is 0 Å². The van der Waals surface area contributed by atoms with Gasteiger partial charge in [0, 0.05) is 31.2 Å². The Morgan fingerprint density at radius 1 is 0.642 bits per heavy atom. The van der Waals surface area contributed by atoms with Gasteiger partial charge >= 0.3 is 23.9 Å². The number of fused-ring (bicyclic) bond motifs is 5. The van der Waals surface area contributed by atoms with E-state index < -0.39 is 29.3 Å². The number of methoxy groups -OCH3 is 5. The zero-order chi connectivity index (χ0) is 38.6. The van der Waals surface area contributed by atoms with Gasteiger partial charge in [-0.3, -0.25) is 19.2 Å². The molecule has 0 aromatic carbocycles. The molecule has 5 rings (SSSR count). The molecule has 0 amide bonds. The topological polar surface area (TPSA) is 184 Å². The Bertz CT molecular complexity index is 2010. The minimum absolute atomic E-state index is 0.0117. The van der Waals surface area contributed by atoms with Gasteiger partial charge in [-0.1, -0.05) is 0 Å². The molecule has 5 heterocycles. The number of hydrogen-bond acceptors (Lipinski definition) is 14. The molecule has 14 heteroatoms. The molecule has 53 heavy (non-hydrogen) atoms. The second kappa shape index (κ2) is 15.9. The van der Waals surface area contributed by atoms with Gasteiger partial charge in [-0.25, -0.2) is 15.0 Å². The van der Waals surface area contributed by atoms with Crippen molar-refractivity contribution in [2.24, 2.45) is 20.4 Å². The van der Waals surface area contributed by atoms with Gasteiger partial charge in [0.25, 0.3) is 0 Å².